The molecule has 1 N–H and O–H groups in total. The molecule has 0 atom stereocenters. The number of hydrogen-bond acceptors (Lipinski definition) is 4. The van der Waals surface area contributed by atoms with Crippen LogP contribution in [0.3, 0.4) is 0 Å². The molecule has 6 nitrogen and oxygen atoms in total. The van der Waals surface area contributed by atoms with E-state index in [4.69, 9.17) is 0 Å². The molecule has 4 rings (SSSR count). The Morgan fingerprint density at radius 3 is 2.79 bits per heavy atom. The number of halogens is 2. The van der Waals surface area contributed by atoms with Crippen molar-refractivity contribution in [3.63, 3.8) is 0 Å². The third-order valence-corrected chi connectivity index (χ3v) is 4.20. The molecule has 0 aliphatic heterocycles. The highest BCUT2D eigenvalue weighted by atomic mass is 19.1. The van der Waals surface area contributed by atoms with Gasteiger partial charge in [-0.2, -0.15) is 10.4 Å². The molecule has 0 fully saturated rings. The van der Waals surface area contributed by atoms with E-state index in [1.807, 2.05) is 6.07 Å². The van der Waals surface area contributed by atoms with Crippen molar-refractivity contribution in [2.24, 2.45) is 0 Å². The van der Waals surface area contributed by atoms with Gasteiger partial charge in [-0.05, 0) is 42.0 Å². The number of rotatable bonds is 4. The number of aromatic amines is 1. The Labute approximate surface area is 157 Å². The van der Waals surface area contributed by atoms with Gasteiger partial charge in [-0.1, -0.05) is 6.07 Å². The van der Waals surface area contributed by atoms with Crippen LogP contribution in [0.4, 0.5) is 8.78 Å². The van der Waals surface area contributed by atoms with Crippen LogP contribution in [-0.2, 0) is 0 Å². The van der Waals surface area contributed by atoms with Crippen molar-refractivity contribution in [3.05, 3.63) is 83.6 Å². The lowest BCUT2D eigenvalue weighted by molar-refractivity contribution is 0.104. The largest absolute Gasteiger partial charge is 0.360 e. The van der Waals surface area contributed by atoms with Crippen LogP contribution in [0.1, 0.15) is 15.9 Å². The second-order valence-corrected chi connectivity index (χ2v) is 5.94. The number of hydrogen-bond donors (Lipinski definition) is 1. The summed E-state index contributed by atoms with van der Waals surface area (Å²) in [7, 11) is 0. The number of nitrogens with one attached hydrogen (secondary N) is 1. The number of aromatic nitrogens is 4. The lowest BCUT2D eigenvalue weighted by atomic mass is 10.0. The van der Waals surface area contributed by atoms with Crippen LogP contribution in [-0.4, -0.2) is 25.5 Å². The van der Waals surface area contributed by atoms with Gasteiger partial charge in [0.1, 0.15) is 41.6 Å². The zero-order valence-corrected chi connectivity index (χ0v) is 14.2. The molecule has 0 spiro atoms. The first-order chi connectivity index (χ1) is 13.6. The summed E-state index contributed by atoms with van der Waals surface area (Å²) < 4.78 is 28.9. The Morgan fingerprint density at radius 2 is 2.07 bits per heavy atom. The van der Waals surface area contributed by atoms with Gasteiger partial charge in [0.25, 0.3) is 0 Å². The van der Waals surface area contributed by atoms with Crippen molar-refractivity contribution in [2.75, 3.05) is 0 Å². The van der Waals surface area contributed by atoms with E-state index < -0.39 is 17.4 Å². The van der Waals surface area contributed by atoms with E-state index in [1.54, 1.807) is 6.07 Å². The number of carbonyl (C=O) groups excluding carboxylic acids is 1. The molecule has 2 aromatic carbocycles. The van der Waals surface area contributed by atoms with E-state index in [0.29, 0.717) is 16.5 Å². The SMILES string of the molecule is N#CC(=Cc1ccc(-n2cncn2)c(F)c1)C(=O)c1c[nH]c2cc(F)ccc12. The Morgan fingerprint density at radius 1 is 1.21 bits per heavy atom. The van der Waals surface area contributed by atoms with E-state index in [2.05, 4.69) is 15.1 Å². The summed E-state index contributed by atoms with van der Waals surface area (Å²) in [5.41, 5.74) is 1.06. The molecule has 0 amide bonds. The molecule has 0 aliphatic rings. The number of Topliss-reactive ketones (excluding diaryl/α,β-unsaturated/α-hetero) is 1. The molecular formula is C20H11F2N5O. The van der Waals surface area contributed by atoms with E-state index >= 15 is 0 Å². The molecule has 0 aliphatic carbocycles. The molecule has 0 saturated carbocycles. The van der Waals surface area contributed by atoms with Crippen LogP contribution in [0.15, 0.2) is 60.8 Å². The summed E-state index contributed by atoms with van der Waals surface area (Å²) in [5.74, 6) is -1.56. The third-order valence-electron chi connectivity index (χ3n) is 4.20. The van der Waals surface area contributed by atoms with Crippen molar-refractivity contribution in [3.8, 4) is 11.8 Å². The van der Waals surface area contributed by atoms with Crippen LogP contribution >= 0.6 is 0 Å². The molecule has 8 heteroatoms. The van der Waals surface area contributed by atoms with Crippen LogP contribution < -0.4 is 0 Å². The van der Waals surface area contributed by atoms with Crippen molar-refractivity contribution in [2.45, 2.75) is 0 Å². The minimum absolute atomic E-state index is 0.168. The summed E-state index contributed by atoms with van der Waals surface area (Å²) >= 11 is 0. The Hall–Kier alpha value is -4.12. The average Bonchev–Trinajstić information content (AvgIpc) is 3.35. The molecule has 28 heavy (non-hydrogen) atoms. The van der Waals surface area contributed by atoms with Gasteiger partial charge < -0.3 is 4.98 Å². The molecule has 0 unspecified atom stereocenters. The molecule has 4 aromatic rings. The molecule has 0 saturated heterocycles. The Kier molecular flexibility index (Phi) is 4.26. The maximum Gasteiger partial charge on any atom is 0.205 e. The first kappa shape index (κ1) is 17.3. The smallest absolute Gasteiger partial charge is 0.205 e. The van der Waals surface area contributed by atoms with Gasteiger partial charge in [-0.3, -0.25) is 4.79 Å². The number of allylic oxidation sites excluding steroid dienone is 1. The summed E-state index contributed by atoms with van der Waals surface area (Å²) in [6, 6.07) is 10.1. The van der Waals surface area contributed by atoms with Gasteiger partial charge in [0.15, 0.2) is 0 Å². The molecule has 2 aromatic heterocycles. The van der Waals surface area contributed by atoms with Crippen molar-refractivity contribution < 1.29 is 13.6 Å². The van der Waals surface area contributed by atoms with Crippen LogP contribution in [0.2, 0.25) is 0 Å². The maximum atomic E-state index is 14.4. The number of benzene rings is 2. The van der Waals surface area contributed by atoms with E-state index in [1.165, 1.54) is 59.9 Å². The zero-order chi connectivity index (χ0) is 19.7. The van der Waals surface area contributed by atoms with Gasteiger partial charge >= 0.3 is 0 Å². The lowest BCUT2D eigenvalue weighted by Gasteiger charge is -2.04. The Bertz CT molecular complexity index is 1270. The summed E-state index contributed by atoms with van der Waals surface area (Å²) in [6.45, 7) is 0. The standard InChI is InChI=1S/C20H11F2N5O/c21-14-2-3-15-16(9-25-18(15)7-14)20(28)13(8-23)5-12-1-4-19(17(22)6-12)27-11-24-10-26-27/h1-7,9-11,25H. The lowest BCUT2D eigenvalue weighted by Crippen LogP contribution is -2.02. The molecule has 136 valence electrons. The maximum absolute atomic E-state index is 14.4. The number of fused-ring (bicyclic) bond motifs is 1. The summed E-state index contributed by atoms with van der Waals surface area (Å²) in [6.07, 6.45) is 5.37. The van der Waals surface area contributed by atoms with Crippen LogP contribution in [0.25, 0.3) is 22.7 Å². The van der Waals surface area contributed by atoms with Gasteiger partial charge in [0, 0.05) is 22.7 Å². The fraction of sp³-hybridized carbons (Fsp3) is 0. The van der Waals surface area contributed by atoms with Gasteiger partial charge in [-0.25, -0.2) is 18.4 Å². The monoisotopic (exact) mass is 375 g/mol. The molecule has 0 radical (unpaired) electrons. The Balaban J connectivity index is 1.70. The zero-order valence-electron chi connectivity index (χ0n) is 14.2. The van der Waals surface area contributed by atoms with Crippen molar-refractivity contribution in [1.29, 1.82) is 5.26 Å². The topological polar surface area (TPSA) is 87.4 Å². The predicted molar refractivity (Wildman–Crippen MR) is 97.5 cm³/mol. The first-order valence-electron chi connectivity index (χ1n) is 8.14. The fourth-order valence-electron chi connectivity index (χ4n) is 2.88. The number of nitriles is 1. The highest BCUT2D eigenvalue weighted by molar-refractivity contribution is 6.19. The molecule has 0 bridgehead atoms. The average molecular weight is 375 g/mol. The highest BCUT2D eigenvalue weighted by Gasteiger charge is 2.17. The minimum atomic E-state index is -0.577. The van der Waals surface area contributed by atoms with Gasteiger partial charge in [0.05, 0.1) is 0 Å². The van der Waals surface area contributed by atoms with Crippen molar-refractivity contribution in [1.82, 2.24) is 19.7 Å². The van der Waals surface area contributed by atoms with Crippen LogP contribution in [0, 0.1) is 23.0 Å². The van der Waals surface area contributed by atoms with Gasteiger partial charge in [-0.15, -0.1) is 0 Å². The second-order valence-electron chi connectivity index (χ2n) is 5.94. The fourth-order valence-corrected chi connectivity index (χ4v) is 2.88. The number of ketones is 1. The van der Waals surface area contributed by atoms with Gasteiger partial charge in [0.2, 0.25) is 5.78 Å². The van der Waals surface area contributed by atoms with Crippen molar-refractivity contribution >= 4 is 22.8 Å². The quantitative estimate of drug-likeness (QED) is 0.334. The third kappa shape index (κ3) is 3.05. The number of H-pyrrole nitrogens is 1. The highest BCUT2D eigenvalue weighted by Crippen LogP contribution is 2.23. The predicted octanol–water partition coefficient (Wildman–Crippen LogP) is 3.82. The summed E-state index contributed by atoms with van der Waals surface area (Å²) in [4.78, 5) is 19.3. The number of nitrogens with zero attached hydrogens (tertiary/aromatic N) is 4. The summed E-state index contributed by atoms with van der Waals surface area (Å²) in [5, 5.41) is 13.8. The molecule has 2 heterocycles. The van der Waals surface area contributed by atoms with E-state index in [0.717, 1.165) is 0 Å². The normalized spacial score (nSPS) is 11.5. The van der Waals surface area contributed by atoms with E-state index in [9.17, 15) is 18.8 Å². The van der Waals surface area contributed by atoms with E-state index in [-0.39, 0.29) is 16.8 Å². The number of carbonyl (C=O) groups is 1. The molecular weight excluding hydrogens is 364 g/mol. The van der Waals surface area contributed by atoms with Crippen LogP contribution in [0.5, 0.6) is 0 Å². The second kappa shape index (κ2) is 6.89. The first-order valence-corrected chi connectivity index (χ1v) is 8.14. The minimum Gasteiger partial charge on any atom is -0.360 e.